The SMILES string of the molecule is Nc1ccc(NC(=O)CCn2ccc(C(F)(F)F)n2)cc1. The number of amides is 1. The number of aryl methyl sites for hydroxylation is 1. The predicted molar refractivity (Wildman–Crippen MR) is 71.3 cm³/mol. The maximum absolute atomic E-state index is 12.4. The van der Waals surface area contributed by atoms with Crippen LogP contribution < -0.4 is 11.1 Å². The van der Waals surface area contributed by atoms with Crippen LogP contribution in [0.3, 0.4) is 0 Å². The molecule has 2 rings (SSSR count). The maximum Gasteiger partial charge on any atom is 0.435 e. The van der Waals surface area contributed by atoms with Crippen LogP contribution >= 0.6 is 0 Å². The van der Waals surface area contributed by atoms with E-state index >= 15 is 0 Å². The fourth-order valence-electron chi connectivity index (χ4n) is 1.64. The van der Waals surface area contributed by atoms with E-state index in [-0.39, 0.29) is 18.9 Å². The molecule has 1 heterocycles. The molecule has 0 saturated carbocycles. The Morgan fingerprint density at radius 2 is 1.90 bits per heavy atom. The molecule has 0 unspecified atom stereocenters. The number of halogens is 3. The average Bonchev–Trinajstić information content (AvgIpc) is 2.88. The van der Waals surface area contributed by atoms with Crippen LogP contribution in [0.2, 0.25) is 0 Å². The molecule has 0 saturated heterocycles. The molecule has 2 aromatic rings. The Kier molecular flexibility index (Phi) is 4.15. The second kappa shape index (κ2) is 5.86. The summed E-state index contributed by atoms with van der Waals surface area (Å²) in [7, 11) is 0. The van der Waals surface area contributed by atoms with Crippen molar-refractivity contribution in [3.63, 3.8) is 0 Å². The van der Waals surface area contributed by atoms with Crippen molar-refractivity contribution in [2.24, 2.45) is 0 Å². The lowest BCUT2D eigenvalue weighted by atomic mass is 10.3. The van der Waals surface area contributed by atoms with E-state index in [0.717, 1.165) is 10.7 Å². The second-order valence-electron chi connectivity index (χ2n) is 4.38. The smallest absolute Gasteiger partial charge is 0.399 e. The minimum atomic E-state index is -4.47. The summed E-state index contributed by atoms with van der Waals surface area (Å²) in [5.74, 6) is -0.316. The van der Waals surface area contributed by atoms with Crippen LogP contribution in [-0.2, 0) is 17.5 Å². The first-order chi connectivity index (χ1) is 9.84. The zero-order valence-electron chi connectivity index (χ0n) is 10.9. The molecule has 0 spiro atoms. The molecule has 3 N–H and O–H groups in total. The highest BCUT2D eigenvalue weighted by Crippen LogP contribution is 2.27. The Labute approximate surface area is 118 Å². The molecular weight excluding hydrogens is 285 g/mol. The molecule has 21 heavy (non-hydrogen) atoms. The minimum Gasteiger partial charge on any atom is -0.399 e. The van der Waals surface area contributed by atoms with E-state index in [4.69, 9.17) is 5.73 Å². The molecule has 1 aromatic heterocycles. The number of benzene rings is 1. The summed E-state index contributed by atoms with van der Waals surface area (Å²) in [6.45, 7) is 0.0664. The number of nitrogens with one attached hydrogen (secondary N) is 1. The van der Waals surface area contributed by atoms with Gasteiger partial charge in [0, 0.05) is 30.5 Å². The number of hydrogen-bond acceptors (Lipinski definition) is 3. The van der Waals surface area contributed by atoms with Crippen molar-refractivity contribution < 1.29 is 18.0 Å². The van der Waals surface area contributed by atoms with E-state index in [1.165, 1.54) is 6.20 Å². The maximum atomic E-state index is 12.4. The predicted octanol–water partition coefficient (Wildman–Crippen LogP) is 2.51. The fourth-order valence-corrected chi connectivity index (χ4v) is 1.64. The summed E-state index contributed by atoms with van der Waals surface area (Å²) in [5, 5.41) is 5.99. The lowest BCUT2D eigenvalue weighted by molar-refractivity contribution is -0.141. The van der Waals surface area contributed by atoms with Crippen molar-refractivity contribution in [1.29, 1.82) is 0 Å². The second-order valence-corrected chi connectivity index (χ2v) is 4.38. The Morgan fingerprint density at radius 1 is 1.24 bits per heavy atom. The molecule has 0 bridgehead atoms. The van der Waals surface area contributed by atoms with Gasteiger partial charge in [0.15, 0.2) is 5.69 Å². The highest BCUT2D eigenvalue weighted by Gasteiger charge is 2.33. The fraction of sp³-hybridized carbons (Fsp3) is 0.231. The summed E-state index contributed by atoms with van der Waals surface area (Å²) in [6, 6.07) is 7.43. The Hall–Kier alpha value is -2.51. The van der Waals surface area contributed by atoms with Crippen molar-refractivity contribution in [2.45, 2.75) is 19.1 Å². The highest BCUT2D eigenvalue weighted by atomic mass is 19.4. The van der Waals surface area contributed by atoms with Gasteiger partial charge < -0.3 is 11.1 Å². The van der Waals surface area contributed by atoms with Crippen LogP contribution in [0.15, 0.2) is 36.5 Å². The first-order valence-electron chi connectivity index (χ1n) is 6.10. The number of carbonyl (C=O) groups excluding carboxylic acids is 1. The number of carbonyl (C=O) groups is 1. The monoisotopic (exact) mass is 298 g/mol. The Bertz CT molecular complexity index is 619. The van der Waals surface area contributed by atoms with Gasteiger partial charge in [-0.25, -0.2) is 0 Å². The van der Waals surface area contributed by atoms with Crippen molar-refractivity contribution in [3.05, 3.63) is 42.2 Å². The molecule has 0 aliphatic rings. The van der Waals surface area contributed by atoms with E-state index < -0.39 is 11.9 Å². The number of nitrogens with two attached hydrogens (primary N) is 1. The third-order valence-corrected chi connectivity index (χ3v) is 2.69. The van der Waals surface area contributed by atoms with Crippen molar-refractivity contribution >= 4 is 17.3 Å². The number of hydrogen-bond donors (Lipinski definition) is 2. The van der Waals surface area contributed by atoms with Crippen LogP contribution in [0.4, 0.5) is 24.5 Å². The molecular formula is C13H13F3N4O. The van der Waals surface area contributed by atoms with E-state index in [9.17, 15) is 18.0 Å². The Balaban J connectivity index is 1.86. The van der Waals surface area contributed by atoms with Gasteiger partial charge in [0.1, 0.15) is 0 Å². The van der Waals surface area contributed by atoms with E-state index in [1.807, 2.05) is 0 Å². The van der Waals surface area contributed by atoms with Gasteiger partial charge in [0.2, 0.25) is 5.91 Å². The zero-order valence-corrected chi connectivity index (χ0v) is 10.9. The van der Waals surface area contributed by atoms with Crippen molar-refractivity contribution in [3.8, 4) is 0 Å². The molecule has 0 atom stereocenters. The number of aromatic nitrogens is 2. The molecule has 0 fully saturated rings. The summed E-state index contributed by atoms with van der Waals surface area (Å²) < 4.78 is 38.2. The third-order valence-electron chi connectivity index (χ3n) is 2.69. The number of rotatable bonds is 4. The topological polar surface area (TPSA) is 72.9 Å². The van der Waals surface area contributed by atoms with Gasteiger partial charge in [-0.15, -0.1) is 0 Å². The van der Waals surface area contributed by atoms with E-state index in [1.54, 1.807) is 24.3 Å². The quantitative estimate of drug-likeness (QED) is 0.852. The van der Waals surface area contributed by atoms with Crippen LogP contribution in [0.25, 0.3) is 0 Å². The van der Waals surface area contributed by atoms with E-state index in [2.05, 4.69) is 10.4 Å². The molecule has 8 heteroatoms. The van der Waals surface area contributed by atoms with Gasteiger partial charge in [-0.05, 0) is 30.3 Å². The highest BCUT2D eigenvalue weighted by molar-refractivity contribution is 5.90. The van der Waals surface area contributed by atoms with Gasteiger partial charge in [-0.1, -0.05) is 0 Å². The number of nitrogens with zero attached hydrogens (tertiary/aromatic N) is 2. The molecule has 0 radical (unpaired) electrons. The standard InChI is InChI=1S/C13H13F3N4O/c14-13(15,16)11-5-7-20(19-11)8-6-12(21)18-10-3-1-9(17)2-4-10/h1-5,7H,6,8,17H2,(H,18,21). The average molecular weight is 298 g/mol. The van der Waals surface area contributed by atoms with E-state index in [0.29, 0.717) is 11.4 Å². The lowest BCUT2D eigenvalue weighted by Crippen LogP contribution is -2.15. The molecule has 112 valence electrons. The van der Waals surface area contributed by atoms with Crippen molar-refractivity contribution in [1.82, 2.24) is 9.78 Å². The van der Waals surface area contributed by atoms with Gasteiger partial charge in [0.05, 0.1) is 0 Å². The third kappa shape index (κ3) is 4.23. The molecule has 1 amide bonds. The van der Waals surface area contributed by atoms with Gasteiger partial charge in [-0.2, -0.15) is 18.3 Å². The molecule has 5 nitrogen and oxygen atoms in total. The van der Waals surface area contributed by atoms with Gasteiger partial charge in [0.25, 0.3) is 0 Å². The first kappa shape index (κ1) is 14.9. The zero-order chi connectivity index (χ0) is 15.5. The summed E-state index contributed by atoms with van der Waals surface area (Å²) in [5.41, 5.74) is 5.69. The lowest BCUT2D eigenvalue weighted by Gasteiger charge is -2.06. The van der Waals surface area contributed by atoms with Gasteiger partial charge in [-0.3, -0.25) is 9.48 Å². The number of nitrogen functional groups attached to an aromatic ring is 1. The Morgan fingerprint density at radius 3 is 2.48 bits per heavy atom. The normalized spacial score (nSPS) is 11.4. The first-order valence-corrected chi connectivity index (χ1v) is 6.10. The van der Waals surface area contributed by atoms with Crippen LogP contribution in [0.5, 0.6) is 0 Å². The van der Waals surface area contributed by atoms with Gasteiger partial charge >= 0.3 is 6.18 Å². The largest absolute Gasteiger partial charge is 0.435 e. The molecule has 0 aliphatic carbocycles. The van der Waals surface area contributed by atoms with Crippen molar-refractivity contribution in [2.75, 3.05) is 11.1 Å². The summed E-state index contributed by atoms with van der Waals surface area (Å²) in [4.78, 5) is 11.7. The van der Waals surface area contributed by atoms with Crippen LogP contribution in [0.1, 0.15) is 12.1 Å². The number of alkyl halides is 3. The van der Waals surface area contributed by atoms with Crippen LogP contribution in [-0.4, -0.2) is 15.7 Å². The summed E-state index contributed by atoms with van der Waals surface area (Å²) in [6.07, 6.45) is -3.26. The molecule has 1 aromatic carbocycles. The minimum absolute atomic E-state index is 0.0172. The van der Waals surface area contributed by atoms with Crippen LogP contribution in [0, 0.1) is 0 Å². The number of anilines is 2. The molecule has 0 aliphatic heterocycles. The summed E-state index contributed by atoms with van der Waals surface area (Å²) >= 11 is 0.